The molecule has 2 aromatic carbocycles. The van der Waals surface area contributed by atoms with E-state index >= 15 is 0 Å². The van der Waals surface area contributed by atoms with Crippen molar-refractivity contribution >= 4 is 16.7 Å². The molecule has 1 aliphatic rings. The molecule has 100 valence electrons. The van der Waals surface area contributed by atoms with E-state index in [1.807, 2.05) is 24.3 Å². The van der Waals surface area contributed by atoms with Gasteiger partial charge < -0.3 is 15.0 Å². The number of nitrogens with zero attached hydrogens (tertiary/aromatic N) is 1. The topological polar surface area (TPSA) is 49.9 Å². The van der Waals surface area contributed by atoms with Gasteiger partial charge in [0.1, 0.15) is 17.4 Å². The van der Waals surface area contributed by atoms with Gasteiger partial charge in [0.25, 0.3) is 0 Å². The fraction of sp³-hybridized carbons (Fsp3) is 0.133. The van der Waals surface area contributed by atoms with Crippen molar-refractivity contribution in [2.24, 2.45) is 0 Å². The second kappa shape index (κ2) is 4.23. The largest absolute Gasteiger partial charge is 0.478 e. The molecule has 0 fully saturated rings. The Kier molecular flexibility index (Phi) is 2.39. The van der Waals surface area contributed by atoms with E-state index in [1.54, 1.807) is 6.07 Å². The van der Waals surface area contributed by atoms with Gasteiger partial charge in [0, 0.05) is 0 Å². The van der Waals surface area contributed by atoms with E-state index in [2.05, 4.69) is 15.3 Å². The number of benzene rings is 2. The number of ether oxygens (including phenoxy) is 1. The molecule has 3 aromatic rings. The zero-order chi connectivity index (χ0) is 13.5. The monoisotopic (exact) mass is 269 g/mol. The van der Waals surface area contributed by atoms with Gasteiger partial charge in [-0.2, -0.15) is 0 Å². The molecule has 4 rings (SSSR count). The minimum Gasteiger partial charge on any atom is -0.478 e. The zero-order valence-electron chi connectivity index (χ0n) is 10.6. The molecule has 5 heteroatoms. The van der Waals surface area contributed by atoms with Gasteiger partial charge in [-0.05, 0) is 30.3 Å². The highest BCUT2D eigenvalue weighted by Crippen LogP contribution is 2.33. The second-order valence-corrected chi connectivity index (χ2v) is 4.77. The Balaban J connectivity index is 1.70. The average Bonchev–Trinajstić information content (AvgIpc) is 2.89. The summed E-state index contributed by atoms with van der Waals surface area (Å²) < 4.78 is 19.1. The molecule has 0 amide bonds. The predicted molar refractivity (Wildman–Crippen MR) is 74.4 cm³/mol. The summed E-state index contributed by atoms with van der Waals surface area (Å²) in [7, 11) is 0. The summed E-state index contributed by atoms with van der Waals surface area (Å²) in [6, 6.07) is 12.3. The minimum atomic E-state index is -0.277. The number of hydrogen-bond acceptors (Lipinski definition) is 3. The zero-order valence-corrected chi connectivity index (χ0v) is 10.6. The summed E-state index contributed by atoms with van der Waals surface area (Å²) in [5.74, 6) is 1.23. The molecule has 0 bridgehead atoms. The van der Waals surface area contributed by atoms with Crippen molar-refractivity contribution in [2.45, 2.75) is 6.10 Å². The van der Waals surface area contributed by atoms with Crippen molar-refractivity contribution in [3.8, 4) is 5.75 Å². The van der Waals surface area contributed by atoms with Crippen LogP contribution in [0, 0.1) is 5.82 Å². The van der Waals surface area contributed by atoms with Gasteiger partial charge in [0.15, 0.2) is 6.10 Å². The Bertz CT molecular complexity index is 784. The van der Waals surface area contributed by atoms with Crippen LogP contribution in [0.3, 0.4) is 0 Å². The molecule has 1 aliphatic heterocycles. The van der Waals surface area contributed by atoms with Crippen LogP contribution >= 0.6 is 0 Å². The van der Waals surface area contributed by atoms with Crippen molar-refractivity contribution in [3.63, 3.8) is 0 Å². The Morgan fingerprint density at radius 2 is 2.10 bits per heavy atom. The number of para-hydroxylation sites is 2. The molecule has 0 saturated carbocycles. The van der Waals surface area contributed by atoms with Crippen molar-refractivity contribution in [1.82, 2.24) is 9.97 Å². The van der Waals surface area contributed by atoms with Crippen LogP contribution in [0.2, 0.25) is 0 Å². The third kappa shape index (κ3) is 1.79. The lowest BCUT2D eigenvalue weighted by atomic mass is 10.2. The van der Waals surface area contributed by atoms with Crippen LogP contribution < -0.4 is 10.1 Å². The number of imidazole rings is 1. The van der Waals surface area contributed by atoms with E-state index in [4.69, 9.17) is 4.74 Å². The third-order valence-corrected chi connectivity index (χ3v) is 3.40. The van der Waals surface area contributed by atoms with Gasteiger partial charge in [0.05, 0.1) is 23.3 Å². The number of rotatable bonds is 1. The Hall–Kier alpha value is -2.56. The van der Waals surface area contributed by atoms with Crippen LogP contribution in [-0.2, 0) is 0 Å². The minimum absolute atomic E-state index is 0.208. The fourth-order valence-electron chi connectivity index (χ4n) is 2.42. The quantitative estimate of drug-likeness (QED) is 0.713. The van der Waals surface area contributed by atoms with E-state index in [1.165, 1.54) is 12.1 Å². The van der Waals surface area contributed by atoms with Gasteiger partial charge in [-0.3, -0.25) is 0 Å². The number of hydrogen-bond donors (Lipinski definition) is 2. The van der Waals surface area contributed by atoms with Crippen molar-refractivity contribution in [2.75, 3.05) is 11.9 Å². The Morgan fingerprint density at radius 3 is 3.05 bits per heavy atom. The summed E-state index contributed by atoms with van der Waals surface area (Å²) in [4.78, 5) is 7.58. The maximum absolute atomic E-state index is 13.2. The van der Waals surface area contributed by atoms with Crippen LogP contribution in [0.5, 0.6) is 5.75 Å². The molecular weight excluding hydrogens is 257 g/mol. The first kappa shape index (κ1) is 11.3. The molecular formula is C15H12FN3O. The first-order valence-corrected chi connectivity index (χ1v) is 6.44. The van der Waals surface area contributed by atoms with Crippen LogP contribution in [-0.4, -0.2) is 16.5 Å². The molecule has 0 aliphatic carbocycles. The smallest absolute Gasteiger partial charge is 0.173 e. The van der Waals surface area contributed by atoms with Crippen molar-refractivity contribution in [3.05, 3.63) is 54.1 Å². The van der Waals surface area contributed by atoms with Crippen LogP contribution in [0.4, 0.5) is 10.1 Å². The fourth-order valence-corrected chi connectivity index (χ4v) is 2.42. The van der Waals surface area contributed by atoms with Crippen LogP contribution in [0.15, 0.2) is 42.5 Å². The van der Waals surface area contributed by atoms with Crippen molar-refractivity contribution in [1.29, 1.82) is 0 Å². The first-order chi connectivity index (χ1) is 9.79. The van der Waals surface area contributed by atoms with Crippen molar-refractivity contribution < 1.29 is 9.13 Å². The standard InChI is InChI=1S/C15H12FN3O/c16-9-5-6-10-12(7-9)19-15(18-10)14-8-17-11-3-1-2-4-13(11)20-14/h1-7,14,17H,8H2,(H,18,19). The second-order valence-electron chi connectivity index (χ2n) is 4.77. The highest BCUT2D eigenvalue weighted by Gasteiger charge is 2.23. The maximum Gasteiger partial charge on any atom is 0.173 e. The van der Waals surface area contributed by atoms with Crippen LogP contribution in [0.1, 0.15) is 11.9 Å². The molecule has 1 aromatic heterocycles. The molecule has 20 heavy (non-hydrogen) atoms. The van der Waals surface area contributed by atoms with Crippen LogP contribution in [0.25, 0.3) is 11.0 Å². The lowest BCUT2D eigenvalue weighted by molar-refractivity contribution is 0.202. The molecule has 0 radical (unpaired) electrons. The summed E-state index contributed by atoms with van der Waals surface area (Å²) in [5, 5.41) is 3.31. The maximum atomic E-state index is 13.2. The summed E-state index contributed by atoms with van der Waals surface area (Å²) in [5.41, 5.74) is 2.40. The molecule has 2 N–H and O–H groups in total. The number of anilines is 1. The summed E-state index contributed by atoms with van der Waals surface area (Å²) in [6.45, 7) is 0.624. The highest BCUT2D eigenvalue weighted by atomic mass is 19.1. The number of fused-ring (bicyclic) bond motifs is 2. The SMILES string of the molecule is Fc1ccc2nc(C3CNc4ccccc4O3)[nH]c2c1. The Labute approximate surface area is 114 Å². The third-order valence-electron chi connectivity index (χ3n) is 3.40. The van der Waals surface area contributed by atoms with Gasteiger partial charge in [-0.15, -0.1) is 0 Å². The molecule has 4 nitrogen and oxygen atoms in total. The highest BCUT2D eigenvalue weighted by molar-refractivity contribution is 5.75. The summed E-state index contributed by atoms with van der Waals surface area (Å²) in [6.07, 6.45) is -0.208. The first-order valence-electron chi connectivity index (χ1n) is 6.44. The average molecular weight is 269 g/mol. The van der Waals surface area contributed by atoms with Gasteiger partial charge >= 0.3 is 0 Å². The molecule has 1 unspecified atom stereocenters. The Morgan fingerprint density at radius 1 is 1.20 bits per heavy atom. The predicted octanol–water partition coefficient (Wildman–Crippen LogP) is 3.25. The normalized spacial score (nSPS) is 17.4. The van der Waals surface area contributed by atoms with E-state index in [0.717, 1.165) is 17.0 Å². The molecule has 1 atom stereocenters. The number of halogens is 1. The lowest BCUT2D eigenvalue weighted by Crippen LogP contribution is -2.24. The van der Waals surface area contributed by atoms with E-state index in [-0.39, 0.29) is 11.9 Å². The van der Waals surface area contributed by atoms with E-state index in [9.17, 15) is 4.39 Å². The number of aromatic nitrogens is 2. The lowest BCUT2D eigenvalue weighted by Gasteiger charge is -2.25. The van der Waals surface area contributed by atoms with Gasteiger partial charge in [-0.1, -0.05) is 12.1 Å². The molecule has 2 heterocycles. The number of H-pyrrole nitrogens is 1. The van der Waals surface area contributed by atoms with Gasteiger partial charge in [0.2, 0.25) is 0 Å². The number of nitrogens with one attached hydrogen (secondary N) is 2. The van der Waals surface area contributed by atoms with E-state index < -0.39 is 0 Å². The molecule has 0 saturated heterocycles. The van der Waals surface area contributed by atoms with E-state index in [0.29, 0.717) is 17.9 Å². The number of aromatic amines is 1. The molecule has 0 spiro atoms. The van der Waals surface area contributed by atoms with Gasteiger partial charge in [-0.25, -0.2) is 9.37 Å². The summed E-state index contributed by atoms with van der Waals surface area (Å²) >= 11 is 0.